The number of likely N-dealkylation sites (tertiary alicyclic amines) is 1. The number of hydrogen-bond donors (Lipinski definition) is 1. The topological polar surface area (TPSA) is 57.6 Å². The first-order valence-corrected chi connectivity index (χ1v) is 6.94. The minimum atomic E-state index is -4.88. The predicted octanol–water partition coefficient (Wildman–Crippen LogP) is 2.66. The van der Waals surface area contributed by atoms with Crippen LogP contribution in [0.25, 0.3) is 0 Å². The number of benzene rings is 1. The summed E-state index contributed by atoms with van der Waals surface area (Å²) in [6, 6.07) is 8.63. The third-order valence-corrected chi connectivity index (χ3v) is 3.97. The summed E-state index contributed by atoms with van der Waals surface area (Å²) < 4.78 is 37.2. The van der Waals surface area contributed by atoms with Crippen molar-refractivity contribution in [3.63, 3.8) is 0 Å². The Morgan fingerprint density at radius 2 is 1.68 bits per heavy atom. The molecule has 22 heavy (non-hydrogen) atoms. The Morgan fingerprint density at radius 3 is 2.14 bits per heavy atom. The molecule has 0 aliphatic carbocycles. The molecular weight excluding hydrogens is 299 g/mol. The number of piperidine rings is 1. The molecule has 1 aromatic rings. The summed E-state index contributed by atoms with van der Waals surface area (Å²) in [5, 5.41) is 9.42. The molecule has 0 saturated carbocycles. The summed E-state index contributed by atoms with van der Waals surface area (Å²) in [5.74, 6) is -3.88. The van der Waals surface area contributed by atoms with Gasteiger partial charge in [-0.25, -0.2) is 0 Å². The number of halogens is 3. The number of carbonyl (C=O) groups is 2. The van der Waals surface area contributed by atoms with E-state index in [1.807, 2.05) is 0 Å². The van der Waals surface area contributed by atoms with Gasteiger partial charge in [-0.2, -0.15) is 13.2 Å². The Morgan fingerprint density at radius 1 is 1.14 bits per heavy atom. The van der Waals surface area contributed by atoms with Crippen LogP contribution in [-0.2, 0) is 9.59 Å². The van der Waals surface area contributed by atoms with Crippen molar-refractivity contribution in [1.82, 2.24) is 4.90 Å². The van der Waals surface area contributed by atoms with E-state index in [0.717, 1.165) is 4.90 Å². The van der Waals surface area contributed by atoms with Gasteiger partial charge in [-0.3, -0.25) is 9.59 Å². The van der Waals surface area contributed by atoms with E-state index < -0.39 is 24.0 Å². The lowest BCUT2D eigenvalue weighted by Gasteiger charge is -2.35. The van der Waals surface area contributed by atoms with Crippen LogP contribution >= 0.6 is 0 Å². The van der Waals surface area contributed by atoms with Crippen molar-refractivity contribution < 1.29 is 27.9 Å². The van der Waals surface area contributed by atoms with Crippen LogP contribution in [-0.4, -0.2) is 41.1 Å². The fraction of sp³-hybridized carbons (Fsp3) is 0.467. The summed E-state index contributed by atoms with van der Waals surface area (Å²) in [7, 11) is 0. The van der Waals surface area contributed by atoms with Gasteiger partial charge in [0.2, 0.25) is 0 Å². The van der Waals surface area contributed by atoms with Gasteiger partial charge in [-0.1, -0.05) is 30.3 Å². The fourth-order valence-electron chi connectivity index (χ4n) is 2.89. The van der Waals surface area contributed by atoms with E-state index in [1.54, 1.807) is 30.3 Å². The number of aliphatic carboxylic acids is 1. The van der Waals surface area contributed by atoms with Crippen LogP contribution in [0.3, 0.4) is 0 Å². The molecule has 120 valence electrons. The molecule has 0 spiro atoms. The van der Waals surface area contributed by atoms with Crippen molar-refractivity contribution in [2.24, 2.45) is 5.92 Å². The molecule has 0 bridgehead atoms. The highest BCUT2D eigenvalue weighted by Crippen LogP contribution is 2.34. The molecule has 1 heterocycles. The molecule has 1 unspecified atom stereocenters. The maximum Gasteiger partial charge on any atom is 0.471 e. The number of carboxylic acid groups (broad SMARTS) is 1. The van der Waals surface area contributed by atoms with Crippen LogP contribution < -0.4 is 0 Å². The van der Waals surface area contributed by atoms with Gasteiger partial charge >= 0.3 is 18.1 Å². The normalized spacial score (nSPS) is 18.0. The van der Waals surface area contributed by atoms with Crippen LogP contribution in [0, 0.1) is 5.92 Å². The SMILES string of the molecule is O=C(O)C(c1ccccc1)C1CCN(C(=O)C(F)(F)F)CC1. The third-order valence-electron chi connectivity index (χ3n) is 3.97. The first kappa shape index (κ1) is 16.3. The highest BCUT2D eigenvalue weighted by atomic mass is 19.4. The summed E-state index contributed by atoms with van der Waals surface area (Å²) in [5.41, 5.74) is 0.635. The minimum absolute atomic E-state index is 0.0698. The quantitative estimate of drug-likeness (QED) is 0.933. The second kappa shape index (κ2) is 6.37. The molecule has 0 aromatic heterocycles. The number of hydrogen-bond acceptors (Lipinski definition) is 2. The van der Waals surface area contributed by atoms with E-state index >= 15 is 0 Å². The van der Waals surface area contributed by atoms with Gasteiger partial charge < -0.3 is 10.0 Å². The number of carbonyl (C=O) groups excluding carboxylic acids is 1. The zero-order valence-corrected chi connectivity index (χ0v) is 11.7. The Labute approximate surface area is 125 Å². The number of nitrogens with zero attached hydrogens (tertiary/aromatic N) is 1. The largest absolute Gasteiger partial charge is 0.481 e. The van der Waals surface area contributed by atoms with Gasteiger partial charge in [-0.05, 0) is 24.3 Å². The number of carboxylic acids is 1. The highest BCUT2D eigenvalue weighted by Gasteiger charge is 2.44. The van der Waals surface area contributed by atoms with Crippen molar-refractivity contribution >= 4 is 11.9 Å². The summed E-state index contributed by atoms with van der Waals surface area (Å²) >= 11 is 0. The minimum Gasteiger partial charge on any atom is -0.481 e. The van der Waals surface area contributed by atoms with Gasteiger partial charge in [0.1, 0.15) is 0 Å². The highest BCUT2D eigenvalue weighted by molar-refractivity contribution is 5.82. The molecule has 1 fully saturated rings. The zero-order valence-electron chi connectivity index (χ0n) is 11.7. The monoisotopic (exact) mass is 315 g/mol. The summed E-state index contributed by atoms with van der Waals surface area (Å²) in [4.78, 5) is 23.4. The molecule has 0 radical (unpaired) electrons. The lowest BCUT2D eigenvalue weighted by Crippen LogP contribution is -2.46. The summed E-state index contributed by atoms with van der Waals surface area (Å²) in [6.07, 6.45) is -4.39. The third kappa shape index (κ3) is 3.58. The van der Waals surface area contributed by atoms with Crippen LogP contribution in [0.4, 0.5) is 13.2 Å². The van der Waals surface area contributed by atoms with Gasteiger partial charge in [0.15, 0.2) is 0 Å². The van der Waals surface area contributed by atoms with Crippen LogP contribution in [0.2, 0.25) is 0 Å². The van der Waals surface area contributed by atoms with Crippen LogP contribution in [0.1, 0.15) is 24.3 Å². The van der Waals surface area contributed by atoms with Gasteiger partial charge in [0.05, 0.1) is 5.92 Å². The van der Waals surface area contributed by atoms with E-state index in [1.165, 1.54) is 0 Å². The molecule has 1 aliphatic rings. The average molecular weight is 315 g/mol. The molecule has 1 amide bonds. The number of alkyl halides is 3. The fourth-order valence-corrected chi connectivity index (χ4v) is 2.89. The van der Waals surface area contributed by atoms with E-state index in [2.05, 4.69) is 0 Å². The molecule has 1 atom stereocenters. The van der Waals surface area contributed by atoms with Gasteiger partial charge in [-0.15, -0.1) is 0 Å². The van der Waals surface area contributed by atoms with E-state index in [-0.39, 0.29) is 31.8 Å². The molecule has 7 heteroatoms. The Hall–Kier alpha value is -2.05. The van der Waals surface area contributed by atoms with Crippen molar-refractivity contribution in [3.05, 3.63) is 35.9 Å². The zero-order chi connectivity index (χ0) is 16.3. The van der Waals surface area contributed by atoms with E-state index in [9.17, 15) is 27.9 Å². The maximum atomic E-state index is 12.4. The van der Waals surface area contributed by atoms with Crippen molar-refractivity contribution in [2.75, 3.05) is 13.1 Å². The number of amides is 1. The van der Waals surface area contributed by atoms with Crippen LogP contribution in [0.15, 0.2) is 30.3 Å². The van der Waals surface area contributed by atoms with E-state index in [0.29, 0.717) is 5.56 Å². The van der Waals surface area contributed by atoms with Gasteiger partial charge in [0.25, 0.3) is 0 Å². The number of rotatable bonds is 3. The first-order valence-electron chi connectivity index (χ1n) is 6.94. The Kier molecular flexibility index (Phi) is 4.73. The standard InChI is InChI=1S/C15H16F3NO3/c16-15(17,18)14(22)19-8-6-11(7-9-19)12(13(20)21)10-4-2-1-3-5-10/h1-5,11-12H,6-9H2,(H,20,21). The molecule has 4 nitrogen and oxygen atoms in total. The van der Waals surface area contributed by atoms with Crippen LogP contribution in [0.5, 0.6) is 0 Å². The molecular formula is C15H16F3NO3. The summed E-state index contributed by atoms with van der Waals surface area (Å²) in [6.45, 7) is -0.140. The lowest BCUT2D eigenvalue weighted by atomic mass is 9.80. The smallest absolute Gasteiger partial charge is 0.471 e. The molecule has 1 saturated heterocycles. The van der Waals surface area contributed by atoms with E-state index in [4.69, 9.17) is 0 Å². The first-order chi connectivity index (χ1) is 10.3. The maximum absolute atomic E-state index is 12.4. The molecule has 2 rings (SSSR count). The Balaban J connectivity index is 2.06. The van der Waals surface area contributed by atoms with Crippen molar-refractivity contribution in [2.45, 2.75) is 24.9 Å². The van der Waals surface area contributed by atoms with Crippen molar-refractivity contribution in [3.8, 4) is 0 Å². The average Bonchev–Trinajstić information content (AvgIpc) is 2.47. The molecule has 1 aromatic carbocycles. The van der Waals surface area contributed by atoms with Crippen molar-refractivity contribution in [1.29, 1.82) is 0 Å². The molecule has 1 aliphatic heterocycles. The van der Waals surface area contributed by atoms with Gasteiger partial charge in [0, 0.05) is 13.1 Å². The predicted molar refractivity (Wildman–Crippen MR) is 72.2 cm³/mol. The lowest BCUT2D eigenvalue weighted by molar-refractivity contribution is -0.186. The second-order valence-corrected chi connectivity index (χ2v) is 5.35. The Bertz CT molecular complexity index is 537. The second-order valence-electron chi connectivity index (χ2n) is 5.35. The molecule has 1 N–H and O–H groups in total.